The van der Waals surface area contributed by atoms with Gasteiger partial charge in [0.05, 0.1) is 12.1 Å². The lowest BCUT2D eigenvalue weighted by molar-refractivity contribution is -0.150. The molecule has 56 heavy (non-hydrogen) atoms. The topological polar surface area (TPSA) is 177 Å². The fraction of sp³-hybridized carbons (Fsp3) is 0.571. The van der Waals surface area contributed by atoms with Crippen molar-refractivity contribution in [3.63, 3.8) is 0 Å². The smallest absolute Gasteiger partial charge is 0.410 e. The van der Waals surface area contributed by atoms with Gasteiger partial charge >= 0.3 is 12.1 Å². The number of tetrazole rings is 1. The average molecular weight is 774 g/mol. The first-order chi connectivity index (χ1) is 26.2. The van der Waals surface area contributed by atoms with Crippen LogP contribution in [0.4, 0.5) is 4.79 Å². The number of ether oxygens (including phenoxy) is 1. The van der Waals surface area contributed by atoms with Gasteiger partial charge in [0, 0.05) is 44.7 Å². The molecule has 3 amide bonds. The standard InChI is InChI=1S/C41H55N7O7.CH4/c1-26(2)33(22-31(49)18-12-13-19-35-43-44-45-48(35)41(5,6)30-16-8-7-9-17-30)37(50)42-36(27(3)4)38(51)47-25-32(23-34(47)39(52)53)55-40(54)46-21-20-28-14-10-11-15-29(28)24-46;/h7-11,14-17,26-27,32-34,36H,12-13,18-25H2,1-6H3,(H,42,50)(H,52,53);1H4/t32?,33-,34-,36-;/m0./s1. The van der Waals surface area contributed by atoms with E-state index in [-0.39, 0.29) is 50.9 Å². The second kappa shape index (κ2) is 19.1. The zero-order valence-corrected chi connectivity index (χ0v) is 32.8. The first-order valence-corrected chi connectivity index (χ1v) is 19.4. The number of aliphatic carboxylic acids is 1. The molecular weight excluding hydrogens is 715 g/mol. The van der Waals surface area contributed by atoms with Crippen LogP contribution < -0.4 is 5.32 Å². The van der Waals surface area contributed by atoms with E-state index in [1.807, 2.05) is 73.1 Å². The summed E-state index contributed by atoms with van der Waals surface area (Å²) in [5, 5.41) is 25.3. The van der Waals surface area contributed by atoms with Crippen LogP contribution in [-0.2, 0) is 48.8 Å². The van der Waals surface area contributed by atoms with E-state index < -0.39 is 53.5 Å². The number of carboxylic acids is 1. The summed E-state index contributed by atoms with van der Waals surface area (Å²) >= 11 is 0. The summed E-state index contributed by atoms with van der Waals surface area (Å²) in [5.74, 6) is -2.80. The highest BCUT2D eigenvalue weighted by atomic mass is 16.6. The van der Waals surface area contributed by atoms with Gasteiger partial charge in [-0.05, 0) is 72.1 Å². The molecule has 0 spiro atoms. The van der Waals surface area contributed by atoms with Gasteiger partial charge in [-0.2, -0.15) is 0 Å². The molecular formula is C42H59N7O7. The Balaban J connectivity index is 0.00000696. The van der Waals surface area contributed by atoms with Gasteiger partial charge in [-0.1, -0.05) is 89.7 Å². The van der Waals surface area contributed by atoms with Crippen molar-refractivity contribution >= 4 is 29.7 Å². The summed E-state index contributed by atoms with van der Waals surface area (Å²) in [4.78, 5) is 69.2. The van der Waals surface area contributed by atoms with Gasteiger partial charge in [-0.15, -0.1) is 5.10 Å². The number of nitrogens with zero attached hydrogens (tertiary/aromatic N) is 6. The van der Waals surface area contributed by atoms with E-state index in [1.54, 1.807) is 18.7 Å². The molecule has 1 aromatic heterocycles. The zero-order valence-electron chi connectivity index (χ0n) is 32.8. The number of aromatic nitrogens is 4. The quantitative estimate of drug-likeness (QED) is 0.179. The van der Waals surface area contributed by atoms with Crippen molar-refractivity contribution in [2.75, 3.05) is 13.1 Å². The molecule has 2 aliphatic heterocycles. The second-order valence-electron chi connectivity index (χ2n) is 16.0. The fourth-order valence-corrected chi connectivity index (χ4v) is 7.53. The van der Waals surface area contributed by atoms with Crippen molar-refractivity contribution in [3.8, 4) is 0 Å². The normalized spacial score (nSPS) is 17.9. The van der Waals surface area contributed by atoms with E-state index in [2.05, 4.69) is 34.7 Å². The van der Waals surface area contributed by atoms with E-state index in [0.29, 0.717) is 38.8 Å². The van der Waals surface area contributed by atoms with Gasteiger partial charge in [0.2, 0.25) is 11.8 Å². The molecule has 3 heterocycles. The lowest BCUT2D eigenvalue weighted by Gasteiger charge is -2.31. The molecule has 0 aliphatic carbocycles. The predicted molar refractivity (Wildman–Crippen MR) is 210 cm³/mol. The summed E-state index contributed by atoms with van der Waals surface area (Å²) < 4.78 is 7.57. The van der Waals surface area contributed by atoms with E-state index in [4.69, 9.17) is 4.74 Å². The van der Waals surface area contributed by atoms with E-state index in [1.165, 1.54) is 10.5 Å². The van der Waals surface area contributed by atoms with Crippen LogP contribution in [0.15, 0.2) is 54.6 Å². The number of carboxylic acid groups (broad SMARTS) is 1. The van der Waals surface area contributed by atoms with E-state index in [9.17, 15) is 29.1 Å². The molecule has 0 bridgehead atoms. The maximum absolute atomic E-state index is 14.0. The summed E-state index contributed by atoms with van der Waals surface area (Å²) in [5.41, 5.74) is 2.83. The molecule has 3 aromatic rings. The molecule has 304 valence electrons. The first-order valence-electron chi connectivity index (χ1n) is 19.4. The van der Waals surface area contributed by atoms with Crippen LogP contribution in [0.2, 0.25) is 0 Å². The van der Waals surface area contributed by atoms with Crippen molar-refractivity contribution in [2.45, 2.75) is 124 Å². The molecule has 4 atom stereocenters. The number of carbonyl (C=O) groups excluding carboxylic acids is 4. The molecule has 1 unspecified atom stereocenters. The monoisotopic (exact) mass is 773 g/mol. The van der Waals surface area contributed by atoms with Crippen molar-refractivity contribution < 1.29 is 33.8 Å². The highest BCUT2D eigenvalue weighted by Gasteiger charge is 2.45. The van der Waals surface area contributed by atoms with Gasteiger partial charge in [0.1, 0.15) is 24.0 Å². The molecule has 2 N–H and O–H groups in total. The molecule has 5 rings (SSSR count). The number of hydrogen-bond acceptors (Lipinski definition) is 9. The van der Waals surface area contributed by atoms with Crippen molar-refractivity contribution in [2.24, 2.45) is 17.8 Å². The number of rotatable bonds is 16. The number of carbonyl (C=O) groups is 5. The summed E-state index contributed by atoms with van der Waals surface area (Å²) in [6.45, 7) is 12.1. The van der Waals surface area contributed by atoms with Gasteiger partial charge in [0.25, 0.3) is 0 Å². The number of ketones is 1. The molecule has 14 nitrogen and oxygen atoms in total. The number of benzene rings is 2. The second-order valence-corrected chi connectivity index (χ2v) is 16.0. The number of hydrogen-bond donors (Lipinski definition) is 2. The Morgan fingerprint density at radius 1 is 0.946 bits per heavy atom. The Hall–Kier alpha value is -5.14. The molecule has 2 aromatic carbocycles. The number of unbranched alkanes of at least 4 members (excludes halogenated alkanes) is 1. The number of Topliss-reactive ketones (excluding diaryl/α,β-unsaturated/α-hetero) is 1. The van der Waals surface area contributed by atoms with Crippen molar-refractivity contribution in [3.05, 3.63) is 77.1 Å². The van der Waals surface area contributed by atoms with E-state index >= 15 is 0 Å². The summed E-state index contributed by atoms with van der Waals surface area (Å²) in [7, 11) is 0. The Kier molecular flexibility index (Phi) is 14.9. The molecule has 0 saturated carbocycles. The Labute approximate surface area is 330 Å². The molecule has 1 saturated heterocycles. The highest BCUT2D eigenvalue weighted by Crippen LogP contribution is 2.28. The van der Waals surface area contributed by atoms with Crippen LogP contribution in [0.1, 0.15) is 104 Å². The predicted octanol–water partition coefficient (Wildman–Crippen LogP) is 5.43. The van der Waals surface area contributed by atoms with Crippen LogP contribution in [0.25, 0.3) is 0 Å². The van der Waals surface area contributed by atoms with Crippen molar-refractivity contribution in [1.82, 2.24) is 35.3 Å². The molecule has 0 radical (unpaired) electrons. The van der Waals surface area contributed by atoms with Crippen LogP contribution >= 0.6 is 0 Å². The van der Waals surface area contributed by atoms with Crippen LogP contribution in [-0.4, -0.2) is 96.1 Å². The number of fused-ring (bicyclic) bond motifs is 1. The number of amides is 3. The number of nitrogens with one attached hydrogen (secondary N) is 1. The third kappa shape index (κ3) is 10.4. The molecule has 14 heteroatoms. The number of likely N-dealkylation sites (tertiary alicyclic amines) is 1. The minimum Gasteiger partial charge on any atom is -0.480 e. The third-order valence-corrected chi connectivity index (χ3v) is 11.0. The molecule has 1 fully saturated rings. The largest absolute Gasteiger partial charge is 0.480 e. The van der Waals surface area contributed by atoms with E-state index in [0.717, 1.165) is 17.0 Å². The summed E-state index contributed by atoms with van der Waals surface area (Å²) in [6, 6.07) is 15.6. The Bertz CT molecular complexity index is 1830. The Morgan fingerprint density at radius 3 is 2.29 bits per heavy atom. The lowest BCUT2D eigenvalue weighted by atomic mass is 9.88. The van der Waals surface area contributed by atoms with Crippen LogP contribution in [0, 0.1) is 17.8 Å². The van der Waals surface area contributed by atoms with Crippen LogP contribution in [0.3, 0.4) is 0 Å². The van der Waals surface area contributed by atoms with Gasteiger partial charge in [-0.25, -0.2) is 14.3 Å². The first kappa shape index (κ1) is 43.6. The fourth-order valence-electron chi connectivity index (χ4n) is 7.53. The highest BCUT2D eigenvalue weighted by molar-refractivity contribution is 5.93. The Morgan fingerprint density at radius 2 is 1.62 bits per heavy atom. The zero-order chi connectivity index (χ0) is 39.9. The maximum Gasteiger partial charge on any atom is 0.410 e. The van der Waals surface area contributed by atoms with Gasteiger partial charge < -0.3 is 25.0 Å². The van der Waals surface area contributed by atoms with Crippen molar-refractivity contribution in [1.29, 1.82) is 0 Å². The average Bonchev–Trinajstić information content (AvgIpc) is 3.82. The lowest BCUT2D eigenvalue weighted by Crippen LogP contribution is -2.55. The van der Waals surface area contributed by atoms with Gasteiger partial charge in [0.15, 0.2) is 5.82 Å². The molecule has 2 aliphatic rings. The summed E-state index contributed by atoms with van der Waals surface area (Å²) in [6.07, 6.45) is 1.43. The third-order valence-electron chi connectivity index (χ3n) is 11.0. The maximum atomic E-state index is 14.0. The minimum absolute atomic E-state index is 0. The van der Waals surface area contributed by atoms with Crippen LogP contribution in [0.5, 0.6) is 0 Å². The SMILES string of the molecule is C.CC(C)[C@H](CC(=O)CCCCc1nnnn1C(C)(C)c1ccccc1)C(=O)N[C@H](C(=O)N1CC(OC(=O)N2CCc3ccccc3C2)C[C@H]1C(=O)O)C(C)C. The minimum atomic E-state index is -1.22. The number of aryl methyl sites for hydroxylation is 1. The van der Waals surface area contributed by atoms with Gasteiger partial charge in [-0.3, -0.25) is 14.4 Å².